The molecule has 0 saturated heterocycles. The third-order valence-electron chi connectivity index (χ3n) is 1.58. The standard InChI is InChI=1S/C8H10N2/c1-4-8(2,3)7-5-9-10-6-7/h1,5-6H,2-3H3,(H,9,10). The van der Waals surface area contributed by atoms with Gasteiger partial charge in [0.1, 0.15) is 0 Å². The van der Waals surface area contributed by atoms with E-state index in [0.29, 0.717) is 0 Å². The molecule has 0 aliphatic rings. The van der Waals surface area contributed by atoms with E-state index in [4.69, 9.17) is 6.42 Å². The van der Waals surface area contributed by atoms with E-state index < -0.39 is 0 Å². The lowest BCUT2D eigenvalue weighted by atomic mass is 9.88. The van der Waals surface area contributed by atoms with Crippen LogP contribution in [-0.2, 0) is 5.41 Å². The maximum absolute atomic E-state index is 5.31. The van der Waals surface area contributed by atoms with Crippen LogP contribution in [0, 0.1) is 12.3 Å². The summed E-state index contributed by atoms with van der Waals surface area (Å²) in [7, 11) is 0. The molecule has 52 valence electrons. The molecule has 0 aromatic carbocycles. The first kappa shape index (κ1) is 6.88. The number of nitrogens with zero attached hydrogens (tertiary/aromatic N) is 1. The average Bonchev–Trinajstić information content (AvgIpc) is 2.38. The molecule has 2 nitrogen and oxygen atoms in total. The number of nitrogens with one attached hydrogen (secondary N) is 1. The Morgan fingerprint density at radius 3 is 2.80 bits per heavy atom. The summed E-state index contributed by atoms with van der Waals surface area (Å²) in [6, 6.07) is 0. The number of aromatic nitrogens is 2. The van der Waals surface area contributed by atoms with Crippen LogP contribution in [0.1, 0.15) is 19.4 Å². The van der Waals surface area contributed by atoms with Gasteiger partial charge in [-0.15, -0.1) is 6.42 Å². The molecule has 1 aromatic rings. The minimum absolute atomic E-state index is 0.201. The molecule has 0 unspecified atom stereocenters. The predicted molar refractivity (Wildman–Crippen MR) is 40.4 cm³/mol. The molecule has 10 heavy (non-hydrogen) atoms. The summed E-state index contributed by atoms with van der Waals surface area (Å²) in [5, 5.41) is 6.54. The van der Waals surface area contributed by atoms with E-state index in [0.717, 1.165) is 5.56 Å². The van der Waals surface area contributed by atoms with E-state index in [1.54, 1.807) is 6.20 Å². The largest absolute Gasteiger partial charge is 0.285 e. The molecule has 0 spiro atoms. The van der Waals surface area contributed by atoms with Gasteiger partial charge in [-0.1, -0.05) is 5.92 Å². The van der Waals surface area contributed by atoms with Crippen LogP contribution >= 0.6 is 0 Å². The molecule has 2 heteroatoms. The Hall–Kier alpha value is -1.23. The number of H-pyrrole nitrogens is 1. The van der Waals surface area contributed by atoms with Crippen molar-refractivity contribution in [1.29, 1.82) is 0 Å². The van der Waals surface area contributed by atoms with Gasteiger partial charge in [0.2, 0.25) is 0 Å². The van der Waals surface area contributed by atoms with Crippen LogP contribution in [0.4, 0.5) is 0 Å². The van der Waals surface area contributed by atoms with Gasteiger partial charge >= 0.3 is 0 Å². The zero-order chi connectivity index (χ0) is 7.61. The lowest BCUT2D eigenvalue weighted by molar-refractivity contribution is 0.700. The Morgan fingerprint density at radius 2 is 2.40 bits per heavy atom. The van der Waals surface area contributed by atoms with Gasteiger partial charge in [-0.2, -0.15) is 5.10 Å². The van der Waals surface area contributed by atoms with Gasteiger partial charge in [0.15, 0.2) is 0 Å². The van der Waals surface area contributed by atoms with E-state index in [2.05, 4.69) is 16.1 Å². The maximum Gasteiger partial charge on any atom is 0.0534 e. The molecular weight excluding hydrogens is 124 g/mol. The molecule has 0 fully saturated rings. The van der Waals surface area contributed by atoms with Crippen LogP contribution in [0.25, 0.3) is 0 Å². The minimum atomic E-state index is -0.201. The van der Waals surface area contributed by atoms with E-state index >= 15 is 0 Å². The summed E-state index contributed by atoms with van der Waals surface area (Å²) >= 11 is 0. The quantitative estimate of drug-likeness (QED) is 0.576. The number of rotatable bonds is 1. The minimum Gasteiger partial charge on any atom is -0.285 e. The van der Waals surface area contributed by atoms with Crippen LogP contribution in [0.5, 0.6) is 0 Å². The van der Waals surface area contributed by atoms with Crippen molar-refractivity contribution in [3.8, 4) is 12.3 Å². The second-order valence-electron chi connectivity index (χ2n) is 2.76. The molecule has 0 amide bonds. The van der Waals surface area contributed by atoms with Crippen LogP contribution in [-0.4, -0.2) is 10.2 Å². The smallest absolute Gasteiger partial charge is 0.0534 e. The molecule has 0 saturated carbocycles. The summed E-state index contributed by atoms with van der Waals surface area (Å²) in [5.74, 6) is 2.68. The first-order chi connectivity index (χ1) is 4.67. The molecular formula is C8H10N2. The van der Waals surface area contributed by atoms with Crippen LogP contribution < -0.4 is 0 Å². The lowest BCUT2D eigenvalue weighted by Gasteiger charge is -2.13. The SMILES string of the molecule is C#CC(C)(C)c1cn[nH]c1. The van der Waals surface area contributed by atoms with Crippen molar-refractivity contribution in [3.05, 3.63) is 18.0 Å². The normalized spacial score (nSPS) is 10.9. The highest BCUT2D eigenvalue weighted by Crippen LogP contribution is 2.19. The van der Waals surface area contributed by atoms with E-state index in [1.807, 2.05) is 20.0 Å². The molecule has 0 radical (unpaired) electrons. The van der Waals surface area contributed by atoms with Gasteiger partial charge in [-0.3, -0.25) is 5.10 Å². The molecule has 1 N–H and O–H groups in total. The fourth-order valence-electron chi connectivity index (χ4n) is 0.676. The van der Waals surface area contributed by atoms with E-state index in [-0.39, 0.29) is 5.41 Å². The van der Waals surface area contributed by atoms with Crippen LogP contribution in [0.3, 0.4) is 0 Å². The van der Waals surface area contributed by atoms with Crippen LogP contribution in [0.15, 0.2) is 12.4 Å². The first-order valence-electron chi connectivity index (χ1n) is 3.14. The fourth-order valence-corrected chi connectivity index (χ4v) is 0.676. The number of terminal acetylenes is 1. The predicted octanol–water partition coefficient (Wildman–Crippen LogP) is 1.32. The van der Waals surface area contributed by atoms with Gasteiger partial charge in [-0.05, 0) is 13.8 Å². The van der Waals surface area contributed by atoms with Crippen molar-refractivity contribution < 1.29 is 0 Å². The highest BCUT2D eigenvalue weighted by Gasteiger charge is 2.17. The Morgan fingerprint density at radius 1 is 1.70 bits per heavy atom. The molecule has 0 bridgehead atoms. The van der Waals surface area contributed by atoms with Crippen molar-refractivity contribution >= 4 is 0 Å². The van der Waals surface area contributed by atoms with Crippen molar-refractivity contribution in [1.82, 2.24) is 10.2 Å². The van der Waals surface area contributed by atoms with Crippen molar-refractivity contribution in [2.45, 2.75) is 19.3 Å². The molecule has 1 aromatic heterocycles. The highest BCUT2D eigenvalue weighted by atomic mass is 15.1. The van der Waals surface area contributed by atoms with E-state index in [9.17, 15) is 0 Å². The third-order valence-corrected chi connectivity index (χ3v) is 1.58. The molecule has 1 heterocycles. The summed E-state index contributed by atoms with van der Waals surface area (Å²) < 4.78 is 0. The molecule has 0 aliphatic heterocycles. The maximum atomic E-state index is 5.31. The summed E-state index contributed by atoms with van der Waals surface area (Å²) in [6.45, 7) is 3.97. The molecule has 0 atom stereocenters. The topological polar surface area (TPSA) is 28.7 Å². The Kier molecular flexibility index (Phi) is 1.50. The third kappa shape index (κ3) is 1.03. The Bertz CT molecular complexity index is 239. The molecule has 1 rings (SSSR count). The number of aromatic amines is 1. The number of hydrogen-bond donors (Lipinski definition) is 1. The fraction of sp³-hybridized carbons (Fsp3) is 0.375. The van der Waals surface area contributed by atoms with Gasteiger partial charge in [-0.25, -0.2) is 0 Å². The van der Waals surface area contributed by atoms with Crippen molar-refractivity contribution in [2.24, 2.45) is 0 Å². The zero-order valence-corrected chi connectivity index (χ0v) is 6.18. The van der Waals surface area contributed by atoms with E-state index in [1.165, 1.54) is 0 Å². The zero-order valence-electron chi connectivity index (χ0n) is 6.18. The Balaban J connectivity index is 2.99. The van der Waals surface area contributed by atoms with Gasteiger partial charge < -0.3 is 0 Å². The Labute approximate surface area is 60.7 Å². The number of hydrogen-bond acceptors (Lipinski definition) is 1. The summed E-state index contributed by atoms with van der Waals surface area (Å²) in [6.07, 6.45) is 8.88. The lowest BCUT2D eigenvalue weighted by Crippen LogP contribution is -2.12. The monoisotopic (exact) mass is 134 g/mol. The summed E-state index contributed by atoms with van der Waals surface area (Å²) in [5.41, 5.74) is 0.850. The average molecular weight is 134 g/mol. The summed E-state index contributed by atoms with van der Waals surface area (Å²) in [4.78, 5) is 0. The van der Waals surface area contributed by atoms with Crippen molar-refractivity contribution in [3.63, 3.8) is 0 Å². The van der Waals surface area contributed by atoms with Crippen LogP contribution in [0.2, 0.25) is 0 Å². The molecule has 0 aliphatic carbocycles. The van der Waals surface area contributed by atoms with Gasteiger partial charge in [0.05, 0.1) is 11.6 Å². The van der Waals surface area contributed by atoms with Crippen molar-refractivity contribution in [2.75, 3.05) is 0 Å². The second-order valence-corrected chi connectivity index (χ2v) is 2.76. The first-order valence-corrected chi connectivity index (χ1v) is 3.14. The van der Waals surface area contributed by atoms with Gasteiger partial charge in [0, 0.05) is 11.8 Å². The second kappa shape index (κ2) is 2.18. The van der Waals surface area contributed by atoms with Gasteiger partial charge in [0.25, 0.3) is 0 Å². The highest BCUT2D eigenvalue weighted by molar-refractivity contribution is 5.27.